The highest BCUT2D eigenvalue weighted by Gasteiger charge is 2.16. The maximum atomic E-state index is 6.19. The van der Waals surface area contributed by atoms with Gasteiger partial charge in [-0.15, -0.1) is 0 Å². The molecule has 0 saturated heterocycles. The Morgan fingerprint density at radius 3 is 1.50 bits per heavy atom. The maximum absolute atomic E-state index is 6.19. The van der Waals surface area contributed by atoms with Crippen molar-refractivity contribution in [2.75, 3.05) is 0 Å². The molecule has 3 heterocycles. The Kier molecular flexibility index (Phi) is 6.42. The lowest BCUT2D eigenvalue weighted by Crippen LogP contribution is -2.00. The first-order valence-electron chi connectivity index (χ1n) is 16.6. The van der Waals surface area contributed by atoms with E-state index >= 15 is 0 Å². The number of fused-ring (bicyclic) bond motifs is 6. The second-order valence-electron chi connectivity index (χ2n) is 12.4. The molecule has 0 N–H and O–H groups in total. The highest BCUT2D eigenvalue weighted by molar-refractivity contribution is 6.12. The Hall–Kier alpha value is -6.85. The SMILES string of the molecule is c1ccc(-c2nc(-c3ccc(-c4ccc(-c5cccc6oc7ccccc7c56)cc4)cc3)nc(-c3ccc4c(c3)oc3ccccc34)n2)cc1. The van der Waals surface area contributed by atoms with Crippen molar-refractivity contribution < 1.29 is 8.83 Å². The van der Waals surface area contributed by atoms with E-state index in [0.717, 1.165) is 82.8 Å². The zero-order valence-electron chi connectivity index (χ0n) is 26.7. The van der Waals surface area contributed by atoms with Crippen LogP contribution in [0.3, 0.4) is 0 Å². The zero-order valence-corrected chi connectivity index (χ0v) is 26.7. The molecule has 50 heavy (non-hydrogen) atoms. The molecule has 0 bridgehead atoms. The summed E-state index contributed by atoms with van der Waals surface area (Å²) >= 11 is 0. The fraction of sp³-hybridized carbons (Fsp3) is 0. The van der Waals surface area contributed by atoms with Crippen molar-refractivity contribution in [1.29, 1.82) is 0 Å². The molecule has 5 nitrogen and oxygen atoms in total. The second-order valence-corrected chi connectivity index (χ2v) is 12.4. The van der Waals surface area contributed by atoms with E-state index in [2.05, 4.69) is 91.0 Å². The van der Waals surface area contributed by atoms with Crippen LogP contribution in [0, 0.1) is 0 Å². The van der Waals surface area contributed by atoms with Crippen LogP contribution in [0.25, 0.3) is 100 Å². The molecule has 0 fully saturated rings. The number of nitrogens with zero attached hydrogens (tertiary/aromatic N) is 3. The van der Waals surface area contributed by atoms with Crippen LogP contribution in [0.5, 0.6) is 0 Å². The molecule has 0 amide bonds. The summed E-state index contributed by atoms with van der Waals surface area (Å²) in [4.78, 5) is 14.8. The lowest BCUT2D eigenvalue weighted by Gasteiger charge is -2.10. The number of aromatic nitrogens is 3. The molecule has 10 aromatic rings. The van der Waals surface area contributed by atoms with Crippen LogP contribution >= 0.6 is 0 Å². The van der Waals surface area contributed by atoms with Crippen molar-refractivity contribution >= 4 is 43.9 Å². The fourth-order valence-corrected chi connectivity index (χ4v) is 6.88. The van der Waals surface area contributed by atoms with Crippen LogP contribution in [-0.4, -0.2) is 15.0 Å². The summed E-state index contributed by atoms with van der Waals surface area (Å²) in [7, 11) is 0. The fourth-order valence-electron chi connectivity index (χ4n) is 6.88. The van der Waals surface area contributed by atoms with Gasteiger partial charge < -0.3 is 8.83 Å². The molecule has 0 radical (unpaired) electrons. The molecule has 3 aromatic heterocycles. The Labute approximate surface area is 287 Å². The van der Waals surface area contributed by atoms with Crippen LogP contribution in [0.2, 0.25) is 0 Å². The largest absolute Gasteiger partial charge is 0.456 e. The van der Waals surface area contributed by atoms with E-state index in [4.69, 9.17) is 23.8 Å². The molecular formula is C45H27N3O2. The van der Waals surface area contributed by atoms with Gasteiger partial charge in [0.25, 0.3) is 0 Å². The molecule has 7 aromatic carbocycles. The van der Waals surface area contributed by atoms with Crippen molar-refractivity contribution in [3.63, 3.8) is 0 Å². The molecule has 0 spiro atoms. The average Bonchev–Trinajstić information content (AvgIpc) is 3.76. The maximum Gasteiger partial charge on any atom is 0.164 e. The quantitative estimate of drug-likeness (QED) is 0.187. The number of rotatable bonds is 5. The lowest BCUT2D eigenvalue weighted by atomic mass is 9.96. The smallest absolute Gasteiger partial charge is 0.164 e. The van der Waals surface area contributed by atoms with Gasteiger partial charge in [-0.05, 0) is 52.6 Å². The molecule has 0 aliphatic heterocycles. The number of hydrogen-bond donors (Lipinski definition) is 0. The predicted octanol–water partition coefficient (Wildman–Crippen LogP) is 12.0. The van der Waals surface area contributed by atoms with E-state index in [1.54, 1.807) is 0 Å². The third kappa shape index (κ3) is 4.75. The molecular weight excluding hydrogens is 615 g/mol. The minimum Gasteiger partial charge on any atom is -0.456 e. The van der Waals surface area contributed by atoms with Gasteiger partial charge in [0.05, 0.1) is 0 Å². The van der Waals surface area contributed by atoms with Crippen molar-refractivity contribution in [2.24, 2.45) is 0 Å². The number of hydrogen-bond acceptors (Lipinski definition) is 5. The minimum atomic E-state index is 0.594. The van der Waals surface area contributed by atoms with E-state index in [9.17, 15) is 0 Å². The Morgan fingerprint density at radius 2 is 0.780 bits per heavy atom. The molecule has 0 saturated carbocycles. The lowest BCUT2D eigenvalue weighted by molar-refractivity contribution is 0.668. The van der Waals surface area contributed by atoms with E-state index in [0.29, 0.717) is 17.5 Å². The van der Waals surface area contributed by atoms with Gasteiger partial charge in [0.15, 0.2) is 17.5 Å². The van der Waals surface area contributed by atoms with Gasteiger partial charge in [0.2, 0.25) is 0 Å². The standard InChI is InChI=1S/C45H27N3O2/c1-2-9-31(10-3-1)43-46-44(48-45(47-43)33-25-26-36-35-11-4-6-14-38(35)50-41(36)27-33)32-23-19-29(20-24-32)28-17-21-30(22-18-28)34-13-8-16-40-42(34)37-12-5-7-15-39(37)49-40/h1-27H. The molecule has 10 rings (SSSR count). The number of para-hydroxylation sites is 2. The predicted molar refractivity (Wildman–Crippen MR) is 202 cm³/mol. The highest BCUT2D eigenvalue weighted by atomic mass is 16.3. The summed E-state index contributed by atoms with van der Waals surface area (Å²) in [6, 6.07) is 55.9. The van der Waals surface area contributed by atoms with Crippen LogP contribution in [0.15, 0.2) is 173 Å². The summed E-state index contributed by atoms with van der Waals surface area (Å²) in [6.07, 6.45) is 0. The topological polar surface area (TPSA) is 65.0 Å². The van der Waals surface area contributed by atoms with Crippen molar-refractivity contribution in [3.05, 3.63) is 164 Å². The molecule has 0 atom stereocenters. The normalized spacial score (nSPS) is 11.6. The van der Waals surface area contributed by atoms with Gasteiger partial charge in [-0.2, -0.15) is 0 Å². The number of furan rings is 2. The van der Waals surface area contributed by atoms with Crippen LogP contribution in [-0.2, 0) is 0 Å². The van der Waals surface area contributed by atoms with E-state index < -0.39 is 0 Å². The first-order valence-corrected chi connectivity index (χ1v) is 16.6. The van der Waals surface area contributed by atoms with Gasteiger partial charge in [0, 0.05) is 38.2 Å². The van der Waals surface area contributed by atoms with Crippen molar-refractivity contribution in [3.8, 4) is 56.4 Å². The third-order valence-corrected chi connectivity index (χ3v) is 9.38. The second kappa shape index (κ2) is 11.4. The van der Waals surface area contributed by atoms with Gasteiger partial charge in [0.1, 0.15) is 22.3 Å². The van der Waals surface area contributed by atoms with Crippen LogP contribution in [0.4, 0.5) is 0 Å². The van der Waals surface area contributed by atoms with Gasteiger partial charge in [-0.25, -0.2) is 15.0 Å². The molecule has 234 valence electrons. The van der Waals surface area contributed by atoms with Crippen LogP contribution < -0.4 is 0 Å². The van der Waals surface area contributed by atoms with Gasteiger partial charge in [-0.1, -0.05) is 133 Å². The summed E-state index contributed by atoms with van der Waals surface area (Å²) in [5.41, 5.74) is 10.7. The van der Waals surface area contributed by atoms with Gasteiger partial charge >= 0.3 is 0 Å². The molecule has 5 heteroatoms. The third-order valence-electron chi connectivity index (χ3n) is 9.38. The first kappa shape index (κ1) is 28.2. The number of benzene rings is 7. The van der Waals surface area contributed by atoms with Crippen LogP contribution in [0.1, 0.15) is 0 Å². The Morgan fingerprint density at radius 1 is 0.300 bits per heavy atom. The van der Waals surface area contributed by atoms with E-state index in [1.807, 2.05) is 72.8 Å². The summed E-state index contributed by atoms with van der Waals surface area (Å²) in [5.74, 6) is 1.83. The van der Waals surface area contributed by atoms with Crippen molar-refractivity contribution in [1.82, 2.24) is 15.0 Å². The van der Waals surface area contributed by atoms with Crippen molar-refractivity contribution in [2.45, 2.75) is 0 Å². The summed E-state index contributed by atoms with van der Waals surface area (Å²) in [6.45, 7) is 0. The molecule has 0 unspecified atom stereocenters. The Bertz CT molecular complexity index is 2850. The zero-order chi connectivity index (χ0) is 33.0. The average molecular weight is 642 g/mol. The minimum absolute atomic E-state index is 0.594. The van der Waals surface area contributed by atoms with E-state index in [1.165, 1.54) is 0 Å². The molecule has 0 aliphatic carbocycles. The first-order chi connectivity index (χ1) is 24.7. The van der Waals surface area contributed by atoms with E-state index in [-0.39, 0.29) is 0 Å². The monoisotopic (exact) mass is 641 g/mol. The Balaban J connectivity index is 1.01. The van der Waals surface area contributed by atoms with Gasteiger partial charge in [-0.3, -0.25) is 0 Å². The molecule has 0 aliphatic rings. The summed E-state index contributed by atoms with van der Waals surface area (Å²) < 4.78 is 12.3. The highest BCUT2D eigenvalue weighted by Crippen LogP contribution is 2.38. The summed E-state index contributed by atoms with van der Waals surface area (Å²) in [5, 5.41) is 4.43.